The molecule has 66 heavy (non-hydrogen) atoms. The molecule has 32 heteroatoms. The van der Waals surface area contributed by atoms with Crippen LogP contribution in [-0.4, -0.2) is 172 Å². The maximum Gasteiger partial charge on any atom is 0.357 e. The summed E-state index contributed by atoms with van der Waals surface area (Å²) in [5.74, 6) is -2.32. The van der Waals surface area contributed by atoms with Gasteiger partial charge in [0.15, 0.2) is 5.75 Å². The highest BCUT2D eigenvalue weighted by Gasteiger charge is 2.61. The Morgan fingerprint density at radius 1 is 0.758 bits per heavy atom. The minimum Gasteiger partial charge on any atom is -0.396 e. The molecule has 0 amide bonds. The van der Waals surface area contributed by atoms with Gasteiger partial charge in [-0.15, -0.1) is 9.97 Å². The highest BCUT2D eigenvalue weighted by Crippen LogP contribution is 2.30. The number of hydrogen-bond donors (Lipinski definition) is 12. The van der Waals surface area contributed by atoms with Crippen LogP contribution in [0.4, 0.5) is 47.1 Å². The third-order valence-electron chi connectivity index (χ3n) is 9.21. The summed E-state index contributed by atoms with van der Waals surface area (Å²) in [5, 5.41) is 33.6. The third kappa shape index (κ3) is 15.6. The van der Waals surface area contributed by atoms with Crippen molar-refractivity contribution in [1.82, 2.24) is 29.9 Å². The van der Waals surface area contributed by atoms with E-state index >= 15 is 0 Å². The van der Waals surface area contributed by atoms with Gasteiger partial charge in [0.05, 0.1) is 18.1 Å². The molecule has 0 spiro atoms. The van der Waals surface area contributed by atoms with Crippen molar-refractivity contribution in [2.24, 2.45) is 5.92 Å². The van der Waals surface area contributed by atoms with Gasteiger partial charge in [-0.3, -0.25) is 18.2 Å². The number of ether oxygens (including phenoxy) is 2. The third-order valence-corrected chi connectivity index (χ3v) is 11.9. The molecule has 1 fully saturated rings. The fourth-order valence-electron chi connectivity index (χ4n) is 6.00. The standard InChI is InChI=1S/C34H46N12O16S4/c1-60-17-21(16-47)15-37-30-40-28(35-9-11-64(51,52)53)41-31(43-30)39-25-8-6-23(27(14-25)66(57,58)59)4-3-22-5-7-24(13-26(22)62-63(49)50)38-32-42-29(36-10-12-65(54,55)56)44-33(45-32)46-18-34(46,19-48)20-61-2/h3-8,13-14,21,47-48H,9-12,15-20H2,1-2H3,(H,49,50)(H,51,52,53)(H,54,55,56)(H,57,58,59)(H2,36,38,42,44,45)(H3,35,37,39,40,41,43)/p+1. The van der Waals surface area contributed by atoms with Crippen LogP contribution in [0.25, 0.3) is 12.2 Å². The van der Waals surface area contributed by atoms with Crippen LogP contribution in [0.5, 0.6) is 5.75 Å². The maximum absolute atomic E-state index is 12.7. The van der Waals surface area contributed by atoms with Crippen molar-refractivity contribution in [2.75, 3.05) is 105 Å². The number of anilines is 7. The Labute approximate surface area is 380 Å². The molecule has 0 saturated carbocycles. The molecule has 28 nitrogen and oxygen atoms in total. The summed E-state index contributed by atoms with van der Waals surface area (Å²) in [7, 11) is -10.7. The zero-order valence-corrected chi connectivity index (χ0v) is 38.1. The van der Waals surface area contributed by atoms with Gasteiger partial charge in [-0.05, 0) is 29.8 Å². The molecule has 1 saturated heterocycles. The molecular weight excluding hydrogens is 961 g/mol. The molecule has 1 aliphatic rings. The summed E-state index contributed by atoms with van der Waals surface area (Å²) in [4.78, 5) is 25.6. The van der Waals surface area contributed by atoms with Crippen molar-refractivity contribution < 1.29 is 76.4 Å². The summed E-state index contributed by atoms with van der Waals surface area (Å²) in [5.41, 5.74) is -0.425. The van der Waals surface area contributed by atoms with Crippen LogP contribution in [0.1, 0.15) is 11.1 Å². The number of rotatable bonds is 27. The first-order valence-electron chi connectivity index (χ1n) is 19.1. The van der Waals surface area contributed by atoms with E-state index in [2.05, 4.69) is 56.5 Å². The van der Waals surface area contributed by atoms with Gasteiger partial charge in [0.2, 0.25) is 35.3 Å². The second-order valence-corrected chi connectivity index (χ2v) is 19.4. The number of nitrogens with zero attached hydrogens (tertiary/aromatic N) is 6. The van der Waals surface area contributed by atoms with Gasteiger partial charge in [-0.25, -0.2) is 4.90 Å². The smallest absolute Gasteiger partial charge is 0.357 e. The highest BCUT2D eigenvalue weighted by atomic mass is 32.2. The van der Waals surface area contributed by atoms with Crippen LogP contribution in [0.2, 0.25) is 0 Å². The van der Waals surface area contributed by atoms with Crippen molar-refractivity contribution in [2.45, 2.75) is 10.4 Å². The molecule has 3 heterocycles. The molecule has 2 aromatic carbocycles. The predicted octanol–water partition coefficient (Wildman–Crippen LogP) is -1.35. The normalized spacial score (nSPS) is 17.2. The Morgan fingerprint density at radius 3 is 1.83 bits per heavy atom. The summed E-state index contributed by atoms with van der Waals surface area (Å²) in [6.45, 7) is -0.226. The number of aliphatic hydroxyl groups excluding tert-OH is 2. The van der Waals surface area contributed by atoms with Crippen LogP contribution in [0.3, 0.4) is 0 Å². The van der Waals surface area contributed by atoms with Gasteiger partial charge in [0.25, 0.3) is 30.4 Å². The molecule has 0 radical (unpaired) electrons. The summed E-state index contributed by atoms with van der Waals surface area (Å²) in [6.07, 6.45) is 2.60. The van der Waals surface area contributed by atoms with E-state index in [1.807, 2.05) is 0 Å². The number of methoxy groups -OCH3 is 2. The van der Waals surface area contributed by atoms with Gasteiger partial charge in [-0.1, -0.05) is 18.2 Å². The number of hydrogen-bond acceptors (Lipinski definition) is 23. The number of benzene rings is 2. The topological polar surface area (TPSA) is 410 Å². The lowest BCUT2D eigenvalue weighted by atomic mass is 10.1. The second kappa shape index (κ2) is 22.4. The number of nitrogens with one attached hydrogen (secondary N) is 6. The first-order valence-corrected chi connectivity index (χ1v) is 24.8. The van der Waals surface area contributed by atoms with Crippen molar-refractivity contribution in [1.29, 1.82) is 0 Å². The fraction of sp³-hybridized carbons (Fsp3) is 0.412. The van der Waals surface area contributed by atoms with E-state index in [0.717, 1.165) is 6.07 Å². The molecule has 0 bridgehead atoms. The SMILES string of the molecule is COCC(CO)CNc1nc(NCCS(=O)(=O)O)nc(Nc2ccc(C=Cc3ccc(Nc4nc(NCCS(=O)(=O)O)nc([NH+]5CC5(CO)COC)n4)cc3OS(=O)O)c(S(=O)(=O)O)c2)n1. The summed E-state index contributed by atoms with van der Waals surface area (Å²) < 4.78 is 136. The van der Waals surface area contributed by atoms with E-state index in [-0.39, 0.29) is 116 Å². The van der Waals surface area contributed by atoms with Gasteiger partial charge < -0.3 is 50.5 Å². The van der Waals surface area contributed by atoms with Crippen LogP contribution < -0.4 is 35.7 Å². The fourth-order valence-corrected chi connectivity index (χ4v) is 7.73. The number of aliphatic hydroxyl groups is 2. The molecule has 4 atom stereocenters. The molecule has 0 aliphatic carbocycles. The van der Waals surface area contributed by atoms with E-state index < -0.39 is 63.7 Å². The zero-order chi connectivity index (χ0) is 48.3. The lowest BCUT2D eigenvalue weighted by Crippen LogP contribution is -2.94. The molecule has 2 aromatic heterocycles. The summed E-state index contributed by atoms with van der Waals surface area (Å²) in [6, 6.07) is 7.96. The zero-order valence-electron chi connectivity index (χ0n) is 34.8. The molecule has 4 aromatic rings. The Balaban J connectivity index is 1.42. The maximum atomic E-state index is 12.7. The highest BCUT2D eigenvalue weighted by molar-refractivity contribution is 7.86. The van der Waals surface area contributed by atoms with Crippen molar-refractivity contribution in [3.63, 3.8) is 0 Å². The quantitative estimate of drug-likeness (QED) is 0.0142. The van der Waals surface area contributed by atoms with Crippen molar-refractivity contribution >= 4 is 101 Å². The first-order chi connectivity index (χ1) is 31.1. The lowest BCUT2D eigenvalue weighted by molar-refractivity contribution is -0.725. The Hall–Kier alpha value is -5.36. The average Bonchev–Trinajstić information content (AvgIpc) is 3.95. The molecule has 1 aliphatic heterocycles. The molecule has 4 unspecified atom stereocenters. The van der Waals surface area contributed by atoms with Crippen LogP contribution >= 0.6 is 0 Å². The van der Waals surface area contributed by atoms with E-state index in [1.165, 1.54) is 56.7 Å². The van der Waals surface area contributed by atoms with Crippen LogP contribution in [0, 0.1) is 5.92 Å². The average molecular weight is 1010 g/mol. The Kier molecular flexibility index (Phi) is 17.5. The van der Waals surface area contributed by atoms with Crippen molar-refractivity contribution in [3.05, 3.63) is 47.5 Å². The van der Waals surface area contributed by atoms with Crippen molar-refractivity contribution in [3.8, 4) is 5.75 Å². The molecule has 362 valence electrons. The Morgan fingerprint density at radius 2 is 1.29 bits per heavy atom. The van der Waals surface area contributed by atoms with E-state index in [9.17, 15) is 48.8 Å². The molecule has 12 N–H and O–H groups in total. The second-order valence-electron chi connectivity index (χ2n) is 14.3. The largest absolute Gasteiger partial charge is 0.396 e. The minimum atomic E-state index is -4.93. The van der Waals surface area contributed by atoms with Gasteiger partial charge in [-0.2, -0.15) is 49.4 Å². The van der Waals surface area contributed by atoms with E-state index in [1.54, 1.807) is 0 Å². The monoisotopic (exact) mass is 1010 g/mol. The molecule has 5 rings (SSSR count). The number of quaternary nitrogens is 1. The van der Waals surface area contributed by atoms with Crippen LogP contribution in [0.15, 0.2) is 41.3 Å². The van der Waals surface area contributed by atoms with Gasteiger partial charge in [0, 0.05) is 69.4 Å². The first kappa shape index (κ1) is 51.6. The Bertz CT molecular complexity index is 2740. The van der Waals surface area contributed by atoms with E-state index in [0.29, 0.717) is 11.4 Å². The van der Waals surface area contributed by atoms with Gasteiger partial charge in [0.1, 0.15) is 24.7 Å². The lowest BCUT2D eigenvalue weighted by Gasteiger charge is -2.15. The van der Waals surface area contributed by atoms with Gasteiger partial charge >= 0.3 is 17.3 Å². The number of aromatic nitrogens is 6. The molecular formula is C34H47N12O16S4+. The predicted molar refractivity (Wildman–Crippen MR) is 237 cm³/mol. The minimum absolute atomic E-state index is 0.0441. The summed E-state index contributed by atoms with van der Waals surface area (Å²) >= 11 is -2.86. The van der Waals surface area contributed by atoms with E-state index in [4.69, 9.17) is 22.8 Å². The van der Waals surface area contributed by atoms with Crippen LogP contribution in [-0.2, 0) is 51.2 Å².